The summed E-state index contributed by atoms with van der Waals surface area (Å²) in [6.45, 7) is 0. The molecule has 2 aliphatic rings. The zero-order chi connectivity index (χ0) is 16.2. The third kappa shape index (κ3) is 1.32. The predicted octanol–water partition coefficient (Wildman–Crippen LogP) is -0.0357. The highest BCUT2D eigenvalue weighted by Crippen LogP contribution is 2.78. The minimum Gasteiger partial charge on any atom is -0.317 e. The first-order valence-corrected chi connectivity index (χ1v) is 7.38. The molecule has 0 amide bonds. The van der Waals surface area contributed by atoms with E-state index in [1.165, 1.54) is 14.2 Å². The molecule has 112 valence electrons. The van der Waals surface area contributed by atoms with Crippen LogP contribution in [0.2, 0.25) is 0 Å². The summed E-state index contributed by atoms with van der Waals surface area (Å²) in [4.78, 5) is 2.86. The second-order valence-electron chi connectivity index (χ2n) is 5.39. The predicted molar refractivity (Wildman–Crippen MR) is 79.9 cm³/mol. The van der Waals surface area contributed by atoms with Gasteiger partial charge in [-0.15, -0.1) is 0 Å². The highest BCUT2D eigenvalue weighted by Gasteiger charge is 2.96. The number of methoxy groups -OCH3 is 2. The number of rotatable bonds is 3. The minimum atomic E-state index is -1.45. The van der Waals surface area contributed by atoms with Crippen LogP contribution < -0.4 is 10.7 Å². The van der Waals surface area contributed by atoms with Gasteiger partial charge in [-0.3, -0.25) is 5.73 Å². The number of amidine groups is 1. The van der Waals surface area contributed by atoms with E-state index < -0.39 is 22.7 Å². The molecule has 0 saturated heterocycles. The van der Waals surface area contributed by atoms with Crippen LogP contribution in [0.15, 0.2) is 28.7 Å². The van der Waals surface area contributed by atoms with Gasteiger partial charge in [-0.2, -0.15) is 10.5 Å². The van der Waals surface area contributed by atoms with Gasteiger partial charge in [0.05, 0.1) is 12.1 Å². The van der Waals surface area contributed by atoms with E-state index >= 15 is 0 Å². The third-order valence-corrected chi connectivity index (χ3v) is 5.25. The van der Waals surface area contributed by atoms with Crippen LogP contribution >= 0.6 is 15.9 Å². The Morgan fingerprint density at radius 1 is 1.27 bits per heavy atom. The topological polar surface area (TPSA) is 106 Å². The monoisotopic (exact) mass is 361 g/mol. The lowest BCUT2D eigenvalue weighted by atomic mass is 9.93. The van der Waals surface area contributed by atoms with Gasteiger partial charge in [0.15, 0.2) is 10.8 Å². The average molecular weight is 362 g/mol. The highest BCUT2D eigenvalue weighted by atomic mass is 79.9. The summed E-state index contributed by atoms with van der Waals surface area (Å²) < 4.78 is 11.8. The Morgan fingerprint density at radius 3 is 2.45 bits per heavy atom. The number of nitrogens with two attached hydrogens (primary N) is 1. The van der Waals surface area contributed by atoms with Crippen LogP contribution in [-0.4, -0.2) is 26.0 Å². The number of nitriles is 2. The highest BCUT2D eigenvalue weighted by molar-refractivity contribution is 9.10. The molecule has 6 nitrogen and oxygen atoms in total. The Balaban J connectivity index is 2.26. The molecule has 1 aromatic carbocycles. The summed E-state index contributed by atoms with van der Waals surface area (Å²) in [6, 6.07) is 12.0. The lowest BCUT2D eigenvalue weighted by molar-refractivity contribution is -0.687. The normalized spacial score (nSPS) is 34.2. The first-order chi connectivity index (χ1) is 10.5. The van der Waals surface area contributed by atoms with E-state index in [1.54, 1.807) is 0 Å². The third-order valence-electron chi connectivity index (χ3n) is 4.76. The molecule has 0 aromatic heterocycles. The van der Waals surface area contributed by atoms with Gasteiger partial charge in [-0.05, 0) is 17.7 Å². The van der Waals surface area contributed by atoms with Crippen LogP contribution in [0.25, 0.3) is 0 Å². The van der Waals surface area contributed by atoms with Crippen LogP contribution in [0.3, 0.4) is 0 Å². The van der Waals surface area contributed by atoms with Gasteiger partial charge >= 0.3 is 5.91 Å². The van der Waals surface area contributed by atoms with Crippen LogP contribution in [0.5, 0.6) is 0 Å². The molecule has 1 aliphatic heterocycles. The molecule has 1 aromatic rings. The largest absolute Gasteiger partial charge is 0.342 e. The standard InChI is InChI=1S/C15H13BrN4O2/c1-21-15(22-2)14(8-18)11(9-4-3-5-10(16)6-9)13(14,7-17)12(19)20-15/h3-6,11H,1-2H3,(H2,19,20)/p+1/t11-,13+,14+/m0/s1. The fourth-order valence-corrected chi connectivity index (χ4v) is 4.22. The van der Waals surface area contributed by atoms with E-state index in [-0.39, 0.29) is 5.84 Å². The molecule has 3 atom stereocenters. The second kappa shape index (κ2) is 4.53. The first-order valence-electron chi connectivity index (χ1n) is 6.59. The first kappa shape index (κ1) is 15.0. The Morgan fingerprint density at radius 2 is 1.95 bits per heavy atom. The van der Waals surface area contributed by atoms with Crippen molar-refractivity contribution < 1.29 is 14.5 Å². The molecule has 1 fully saturated rings. The Hall–Kier alpha value is -1.93. The van der Waals surface area contributed by atoms with E-state index in [9.17, 15) is 10.5 Å². The SMILES string of the molecule is COC1(OC)[NH+]=C(N)[C@@]2(C#N)[C@H](c3cccc(Br)c3)[C@@]12C#N. The molecule has 7 heteroatoms. The van der Waals surface area contributed by atoms with E-state index in [0.717, 1.165) is 10.0 Å². The van der Waals surface area contributed by atoms with Gasteiger partial charge in [0.25, 0.3) is 5.84 Å². The maximum atomic E-state index is 9.90. The maximum absolute atomic E-state index is 9.90. The lowest BCUT2D eigenvalue weighted by Gasteiger charge is -2.26. The summed E-state index contributed by atoms with van der Waals surface area (Å²) in [7, 11) is 2.85. The van der Waals surface area contributed by atoms with E-state index in [1.807, 2.05) is 24.3 Å². The number of halogens is 1. The summed E-state index contributed by atoms with van der Waals surface area (Å²) in [5.74, 6) is -1.69. The fourth-order valence-electron chi connectivity index (χ4n) is 3.80. The molecule has 1 saturated carbocycles. The van der Waals surface area contributed by atoms with Crippen molar-refractivity contribution in [2.75, 3.05) is 14.2 Å². The zero-order valence-electron chi connectivity index (χ0n) is 12.1. The Labute approximate surface area is 136 Å². The van der Waals surface area contributed by atoms with Crippen molar-refractivity contribution in [2.24, 2.45) is 16.6 Å². The van der Waals surface area contributed by atoms with E-state index in [4.69, 9.17) is 15.2 Å². The van der Waals surface area contributed by atoms with Gasteiger partial charge in [0.1, 0.15) is 0 Å². The number of nitrogens with zero attached hydrogens (tertiary/aromatic N) is 2. The van der Waals surface area contributed by atoms with Crippen molar-refractivity contribution in [1.82, 2.24) is 0 Å². The summed E-state index contributed by atoms with van der Waals surface area (Å²) >= 11 is 3.41. The van der Waals surface area contributed by atoms with Crippen LogP contribution in [0, 0.1) is 33.5 Å². The van der Waals surface area contributed by atoms with E-state index in [2.05, 4.69) is 33.1 Å². The molecule has 0 radical (unpaired) electrons. The van der Waals surface area contributed by atoms with Gasteiger partial charge in [0.2, 0.25) is 0 Å². The Bertz CT molecular complexity index is 762. The lowest BCUT2D eigenvalue weighted by Crippen LogP contribution is -2.90. The van der Waals surface area contributed by atoms with Crippen LogP contribution in [0.1, 0.15) is 11.5 Å². The second-order valence-corrected chi connectivity index (χ2v) is 6.31. The van der Waals surface area contributed by atoms with E-state index in [0.29, 0.717) is 0 Å². The molecule has 3 rings (SSSR count). The molecular weight excluding hydrogens is 348 g/mol. The van der Waals surface area contributed by atoms with Gasteiger partial charge in [-0.1, -0.05) is 28.1 Å². The van der Waals surface area contributed by atoms with Crippen molar-refractivity contribution in [3.63, 3.8) is 0 Å². The van der Waals surface area contributed by atoms with Gasteiger partial charge in [-0.25, -0.2) is 4.99 Å². The molecule has 0 bridgehead atoms. The fraction of sp³-hybridized carbons (Fsp3) is 0.400. The van der Waals surface area contributed by atoms with Crippen molar-refractivity contribution in [2.45, 2.75) is 11.8 Å². The zero-order valence-corrected chi connectivity index (χ0v) is 13.6. The summed E-state index contributed by atoms with van der Waals surface area (Å²) in [5, 5.41) is 19.7. The molecule has 0 spiro atoms. The molecule has 1 heterocycles. The summed E-state index contributed by atoms with van der Waals surface area (Å²) in [5.41, 5.74) is 4.48. The van der Waals surface area contributed by atoms with Crippen molar-refractivity contribution in [1.29, 1.82) is 10.5 Å². The number of benzene rings is 1. The molecular formula is C15H14BrN4O2+. The maximum Gasteiger partial charge on any atom is 0.342 e. The minimum absolute atomic E-state index is 0.199. The van der Waals surface area contributed by atoms with Crippen molar-refractivity contribution >= 4 is 21.8 Å². The van der Waals surface area contributed by atoms with Crippen LogP contribution in [-0.2, 0) is 9.47 Å². The number of hydrogen-bond acceptors (Lipinski definition) is 5. The van der Waals surface area contributed by atoms with Crippen LogP contribution in [0.4, 0.5) is 0 Å². The molecule has 1 aliphatic carbocycles. The van der Waals surface area contributed by atoms with Gasteiger partial charge < -0.3 is 9.47 Å². The molecule has 0 unspecified atom stereocenters. The number of nitrogens with one attached hydrogen (secondary N) is 1. The summed E-state index contributed by atoms with van der Waals surface area (Å²) in [6.07, 6.45) is 0. The van der Waals surface area contributed by atoms with Gasteiger partial charge in [0, 0.05) is 24.6 Å². The average Bonchev–Trinajstić information content (AvgIpc) is 3.11. The molecule has 3 N–H and O–H groups in total. The molecule has 22 heavy (non-hydrogen) atoms. The van der Waals surface area contributed by atoms with Crippen molar-refractivity contribution in [3.05, 3.63) is 34.3 Å². The Kier molecular flexibility index (Phi) is 3.09. The quantitative estimate of drug-likeness (QED) is 0.735. The number of hydrogen-bond donors (Lipinski definition) is 2. The van der Waals surface area contributed by atoms with Crippen molar-refractivity contribution in [3.8, 4) is 12.1 Å². The smallest absolute Gasteiger partial charge is 0.317 e. The number of fused-ring (bicyclic) bond motifs is 1. The number of ether oxygens (including phenoxy) is 2.